The number of amides is 2. The number of aliphatic carboxylic acids is 1. The third-order valence-electron chi connectivity index (χ3n) is 2.00. The van der Waals surface area contributed by atoms with E-state index in [1.807, 2.05) is 0 Å². The number of primary amides is 1. The normalized spacial score (nSPS) is 11.9. The third kappa shape index (κ3) is 5.97. The van der Waals surface area contributed by atoms with Crippen molar-refractivity contribution in [3.63, 3.8) is 0 Å². The van der Waals surface area contributed by atoms with Crippen molar-refractivity contribution in [1.82, 2.24) is 4.90 Å². The van der Waals surface area contributed by atoms with Gasteiger partial charge in [-0.3, -0.25) is 14.4 Å². The van der Waals surface area contributed by atoms with E-state index in [2.05, 4.69) is 0 Å². The lowest BCUT2D eigenvalue weighted by atomic mass is 10.2. The molecule has 0 rings (SSSR count). The average molecular weight is 231 g/mol. The van der Waals surface area contributed by atoms with E-state index >= 15 is 0 Å². The van der Waals surface area contributed by atoms with Gasteiger partial charge in [0.05, 0.1) is 12.5 Å². The quantitative estimate of drug-likeness (QED) is 0.492. The third-order valence-corrected chi connectivity index (χ3v) is 2.00. The van der Waals surface area contributed by atoms with Crippen LogP contribution in [-0.2, 0) is 14.4 Å². The summed E-state index contributed by atoms with van der Waals surface area (Å²) >= 11 is 0. The maximum atomic E-state index is 11.5. The topological polar surface area (TPSA) is 127 Å². The predicted molar refractivity (Wildman–Crippen MR) is 56.3 cm³/mol. The molecule has 0 saturated carbocycles. The Morgan fingerprint density at radius 3 is 2.38 bits per heavy atom. The Hall–Kier alpha value is -1.63. The number of carboxylic acids is 1. The summed E-state index contributed by atoms with van der Waals surface area (Å²) in [6.07, 6.45) is 0.131. The SMILES string of the molecule is CN(CCCC(=O)O)C(=O)C(N)CC(N)=O. The number of nitrogens with two attached hydrogens (primary N) is 2. The first kappa shape index (κ1) is 14.4. The average Bonchev–Trinajstić information content (AvgIpc) is 2.14. The van der Waals surface area contributed by atoms with Gasteiger partial charge in [-0.05, 0) is 6.42 Å². The van der Waals surface area contributed by atoms with Crippen LogP contribution in [-0.4, -0.2) is 47.4 Å². The molecule has 0 spiro atoms. The second-order valence-corrected chi connectivity index (χ2v) is 3.53. The molecule has 2 amide bonds. The van der Waals surface area contributed by atoms with E-state index in [0.29, 0.717) is 6.42 Å². The van der Waals surface area contributed by atoms with Gasteiger partial charge in [-0.15, -0.1) is 0 Å². The van der Waals surface area contributed by atoms with E-state index in [4.69, 9.17) is 16.6 Å². The van der Waals surface area contributed by atoms with Gasteiger partial charge in [0.2, 0.25) is 11.8 Å². The lowest BCUT2D eigenvalue weighted by Crippen LogP contribution is -2.44. The van der Waals surface area contributed by atoms with E-state index in [-0.39, 0.29) is 19.4 Å². The monoisotopic (exact) mass is 231 g/mol. The van der Waals surface area contributed by atoms with Crippen LogP contribution in [0, 0.1) is 0 Å². The lowest BCUT2D eigenvalue weighted by molar-refractivity contribution is -0.138. The van der Waals surface area contributed by atoms with Crippen LogP contribution in [0.3, 0.4) is 0 Å². The Morgan fingerprint density at radius 1 is 1.38 bits per heavy atom. The van der Waals surface area contributed by atoms with Crippen molar-refractivity contribution in [3.05, 3.63) is 0 Å². The molecule has 1 unspecified atom stereocenters. The first-order chi connectivity index (χ1) is 7.34. The second-order valence-electron chi connectivity index (χ2n) is 3.53. The van der Waals surface area contributed by atoms with Crippen LogP contribution < -0.4 is 11.5 Å². The molecule has 0 aromatic carbocycles. The molecule has 5 N–H and O–H groups in total. The van der Waals surface area contributed by atoms with Gasteiger partial charge >= 0.3 is 5.97 Å². The highest BCUT2D eigenvalue weighted by atomic mass is 16.4. The fourth-order valence-electron chi connectivity index (χ4n) is 1.16. The smallest absolute Gasteiger partial charge is 0.303 e. The van der Waals surface area contributed by atoms with Crippen molar-refractivity contribution in [3.8, 4) is 0 Å². The number of nitrogens with zero attached hydrogens (tertiary/aromatic N) is 1. The van der Waals surface area contributed by atoms with E-state index in [1.165, 1.54) is 11.9 Å². The van der Waals surface area contributed by atoms with E-state index in [0.717, 1.165) is 0 Å². The summed E-state index contributed by atoms with van der Waals surface area (Å²) in [5.74, 6) is -1.97. The number of carbonyl (C=O) groups is 3. The maximum absolute atomic E-state index is 11.5. The molecule has 92 valence electrons. The first-order valence-electron chi connectivity index (χ1n) is 4.85. The summed E-state index contributed by atoms with van der Waals surface area (Å²) < 4.78 is 0. The summed E-state index contributed by atoms with van der Waals surface area (Å²) in [5, 5.41) is 8.40. The van der Waals surface area contributed by atoms with Crippen LogP contribution in [0.5, 0.6) is 0 Å². The number of rotatable bonds is 7. The van der Waals surface area contributed by atoms with Crippen molar-refractivity contribution in [1.29, 1.82) is 0 Å². The number of hydrogen-bond acceptors (Lipinski definition) is 4. The van der Waals surface area contributed by atoms with Crippen molar-refractivity contribution in [2.45, 2.75) is 25.3 Å². The standard InChI is InChI=1S/C9H17N3O4/c1-12(4-2-3-8(14)15)9(16)6(10)5-7(11)13/h6H,2-5,10H2,1H3,(H2,11,13)(H,14,15). The summed E-state index contributed by atoms with van der Waals surface area (Å²) in [6.45, 7) is 0.289. The first-order valence-corrected chi connectivity index (χ1v) is 4.85. The second kappa shape index (κ2) is 6.78. The molecule has 0 fully saturated rings. The van der Waals surface area contributed by atoms with Crippen molar-refractivity contribution in [2.75, 3.05) is 13.6 Å². The van der Waals surface area contributed by atoms with Crippen molar-refractivity contribution >= 4 is 17.8 Å². The maximum Gasteiger partial charge on any atom is 0.303 e. The zero-order valence-electron chi connectivity index (χ0n) is 9.18. The summed E-state index contributed by atoms with van der Waals surface area (Å²) in [6, 6.07) is -0.952. The van der Waals surface area contributed by atoms with Gasteiger partial charge in [0.15, 0.2) is 0 Å². The highest BCUT2D eigenvalue weighted by Gasteiger charge is 2.19. The van der Waals surface area contributed by atoms with Gasteiger partial charge in [-0.2, -0.15) is 0 Å². The zero-order chi connectivity index (χ0) is 12.7. The summed E-state index contributed by atoms with van der Waals surface area (Å²) in [7, 11) is 1.50. The van der Waals surface area contributed by atoms with Crippen LogP contribution in [0.4, 0.5) is 0 Å². The van der Waals surface area contributed by atoms with E-state index in [9.17, 15) is 14.4 Å². The molecule has 0 saturated heterocycles. The van der Waals surface area contributed by atoms with Crippen molar-refractivity contribution < 1.29 is 19.5 Å². The van der Waals surface area contributed by atoms with Crippen LogP contribution in [0.25, 0.3) is 0 Å². The Balaban J connectivity index is 3.97. The molecule has 0 heterocycles. The largest absolute Gasteiger partial charge is 0.481 e. The number of carboxylic acid groups (broad SMARTS) is 1. The molecule has 0 aliphatic carbocycles. The van der Waals surface area contributed by atoms with Gasteiger partial charge in [-0.25, -0.2) is 0 Å². The molecular weight excluding hydrogens is 214 g/mol. The van der Waals surface area contributed by atoms with Crippen LogP contribution in [0.1, 0.15) is 19.3 Å². The minimum Gasteiger partial charge on any atom is -0.481 e. The minimum absolute atomic E-state index is 0.0112. The van der Waals surface area contributed by atoms with Crippen LogP contribution in [0.15, 0.2) is 0 Å². The minimum atomic E-state index is -0.952. The molecule has 7 nitrogen and oxygen atoms in total. The molecule has 0 aromatic rings. The fraction of sp³-hybridized carbons (Fsp3) is 0.667. The summed E-state index contributed by atoms with van der Waals surface area (Å²) in [5.41, 5.74) is 10.3. The number of hydrogen-bond donors (Lipinski definition) is 3. The molecule has 7 heteroatoms. The predicted octanol–water partition coefficient (Wildman–Crippen LogP) is -1.49. The molecule has 0 aliphatic rings. The molecule has 0 radical (unpaired) electrons. The Labute approximate surface area is 93.4 Å². The molecule has 0 aliphatic heterocycles. The Bertz CT molecular complexity index is 280. The van der Waals surface area contributed by atoms with E-state index in [1.54, 1.807) is 0 Å². The van der Waals surface area contributed by atoms with Gasteiger partial charge < -0.3 is 21.5 Å². The number of carbonyl (C=O) groups excluding carboxylic acids is 2. The molecule has 16 heavy (non-hydrogen) atoms. The van der Waals surface area contributed by atoms with Gasteiger partial charge in [0.1, 0.15) is 0 Å². The fourth-order valence-corrected chi connectivity index (χ4v) is 1.16. The highest BCUT2D eigenvalue weighted by Crippen LogP contribution is 1.98. The van der Waals surface area contributed by atoms with Gasteiger partial charge in [0, 0.05) is 20.0 Å². The molecular formula is C9H17N3O4. The lowest BCUT2D eigenvalue weighted by Gasteiger charge is -2.20. The summed E-state index contributed by atoms with van der Waals surface area (Å²) in [4.78, 5) is 33.6. The van der Waals surface area contributed by atoms with Gasteiger partial charge in [0.25, 0.3) is 0 Å². The zero-order valence-corrected chi connectivity index (χ0v) is 9.18. The molecule has 0 aromatic heterocycles. The molecule has 0 bridgehead atoms. The van der Waals surface area contributed by atoms with E-state index < -0.39 is 23.8 Å². The van der Waals surface area contributed by atoms with Crippen molar-refractivity contribution in [2.24, 2.45) is 11.5 Å². The Morgan fingerprint density at radius 2 is 1.94 bits per heavy atom. The molecule has 1 atom stereocenters. The highest BCUT2D eigenvalue weighted by molar-refractivity contribution is 5.87. The number of likely N-dealkylation sites (N-methyl/N-ethyl adjacent to an activating group) is 1. The van der Waals surface area contributed by atoms with Crippen LogP contribution in [0.2, 0.25) is 0 Å². The Kier molecular flexibility index (Phi) is 6.09. The van der Waals surface area contributed by atoms with Crippen LogP contribution >= 0.6 is 0 Å². The van der Waals surface area contributed by atoms with Gasteiger partial charge in [-0.1, -0.05) is 0 Å².